The third-order valence-electron chi connectivity index (χ3n) is 8.36. The van der Waals surface area contributed by atoms with Gasteiger partial charge in [0, 0.05) is 21.9 Å². The molecule has 214 valence electrons. The predicted molar refractivity (Wildman–Crippen MR) is 192 cm³/mol. The van der Waals surface area contributed by atoms with Gasteiger partial charge in [-0.2, -0.15) is 0 Å². The summed E-state index contributed by atoms with van der Waals surface area (Å²) in [5.41, 5.74) is 1.17. The molecule has 2 heteroatoms. The summed E-state index contributed by atoms with van der Waals surface area (Å²) in [6, 6.07) is 9.41. The Morgan fingerprint density at radius 2 is 1.07 bits per heavy atom. The lowest BCUT2D eigenvalue weighted by molar-refractivity contribution is 0.633. The highest BCUT2D eigenvalue weighted by atomic mass is 16.3. The fourth-order valence-electron chi connectivity index (χ4n) is 6.43. The molecular formula is C44H26O2. The zero-order valence-corrected chi connectivity index (χ0v) is 23.7. The van der Waals surface area contributed by atoms with E-state index in [2.05, 4.69) is 0 Å². The van der Waals surface area contributed by atoms with Gasteiger partial charge < -0.3 is 8.83 Å². The first-order valence-corrected chi connectivity index (χ1v) is 14.5. The molecular weight excluding hydrogens is 560 g/mol. The molecule has 10 rings (SSSR count). The first-order valence-electron chi connectivity index (χ1n) is 22.0. The lowest BCUT2D eigenvalue weighted by Gasteiger charge is -2.17. The first-order chi connectivity index (χ1) is 29.1. The number of hydrogen-bond donors (Lipinski definition) is 0. The summed E-state index contributed by atoms with van der Waals surface area (Å²) in [7, 11) is 0. The van der Waals surface area contributed by atoms with Crippen LogP contribution in [-0.4, -0.2) is 0 Å². The van der Waals surface area contributed by atoms with E-state index in [0.29, 0.717) is 27.7 Å². The van der Waals surface area contributed by atoms with E-state index < -0.39 is 113 Å². The Morgan fingerprint density at radius 1 is 0.413 bits per heavy atom. The Hall–Kier alpha value is -6.12. The first kappa shape index (κ1) is 14.8. The molecule has 0 N–H and O–H groups in total. The summed E-state index contributed by atoms with van der Waals surface area (Å²) in [6.45, 7) is 0. The van der Waals surface area contributed by atoms with Crippen molar-refractivity contribution < 1.29 is 29.4 Å². The van der Waals surface area contributed by atoms with Crippen LogP contribution < -0.4 is 0 Å². The molecule has 0 spiro atoms. The number of furan rings is 2. The molecule has 0 atom stereocenters. The minimum Gasteiger partial charge on any atom is -0.455 e. The van der Waals surface area contributed by atoms with E-state index in [1.165, 1.54) is 0 Å². The van der Waals surface area contributed by atoms with E-state index in [1.807, 2.05) is 30.3 Å². The van der Waals surface area contributed by atoms with E-state index in [1.54, 1.807) is 36.4 Å². The summed E-state index contributed by atoms with van der Waals surface area (Å²) >= 11 is 0. The zero-order valence-electron chi connectivity index (χ0n) is 38.7. The number of fused-ring (bicyclic) bond motifs is 8. The normalized spacial score (nSPS) is 16.5. The lowest BCUT2D eigenvalue weighted by atomic mass is 9.85. The molecule has 46 heavy (non-hydrogen) atoms. The van der Waals surface area contributed by atoms with Crippen LogP contribution in [-0.2, 0) is 0 Å². The van der Waals surface area contributed by atoms with Crippen LogP contribution in [0.1, 0.15) is 20.6 Å². The van der Waals surface area contributed by atoms with Crippen LogP contribution in [0.25, 0.3) is 98.8 Å². The Kier molecular flexibility index (Phi) is 3.11. The second kappa shape index (κ2) is 9.69. The molecule has 0 aliphatic carbocycles. The third-order valence-corrected chi connectivity index (χ3v) is 8.36. The van der Waals surface area contributed by atoms with Gasteiger partial charge in [-0.15, -0.1) is 0 Å². The van der Waals surface area contributed by atoms with Gasteiger partial charge in [-0.25, -0.2) is 0 Å². The summed E-state index contributed by atoms with van der Waals surface area (Å²) in [6.07, 6.45) is 0. The van der Waals surface area contributed by atoms with Crippen molar-refractivity contribution in [2.45, 2.75) is 0 Å². The van der Waals surface area contributed by atoms with Crippen molar-refractivity contribution in [3.63, 3.8) is 0 Å². The average Bonchev–Trinajstić information content (AvgIpc) is 3.84. The Balaban J connectivity index is 1.53. The van der Waals surface area contributed by atoms with E-state index in [0.717, 1.165) is 10.8 Å². The zero-order chi connectivity index (χ0) is 43.2. The summed E-state index contributed by atoms with van der Waals surface area (Å²) in [5.74, 6) is -0.0308. The molecule has 2 aromatic heterocycles. The fraction of sp³-hybridized carbons (Fsp3) is 0. The van der Waals surface area contributed by atoms with Crippen LogP contribution in [0, 0.1) is 0 Å². The van der Waals surface area contributed by atoms with Gasteiger partial charge in [-0.3, -0.25) is 0 Å². The molecule has 0 unspecified atom stereocenters. The average molecular weight is 602 g/mol. The summed E-state index contributed by atoms with van der Waals surface area (Å²) in [4.78, 5) is 0. The van der Waals surface area contributed by atoms with Crippen LogP contribution in [0.5, 0.6) is 0 Å². The van der Waals surface area contributed by atoms with Gasteiger partial charge >= 0.3 is 0 Å². The standard InChI is InChI=1S/C44H26O2/c1-2-13-28(14-3-1)40-42-38(25-24-36-31-16-10-11-21-37(31)45-43(36)42)46-44(40)41-34-19-8-6-17-32(34)39(33-18-7-9-20-35(33)41)30-23-22-27-12-4-5-15-29(27)26-30/h1-26H/i4D,5D,6D,7D,8D,9D,12D,15D,17D,18D,19D,20D,22D,23D,26D. The summed E-state index contributed by atoms with van der Waals surface area (Å²) < 4.78 is 149. The van der Waals surface area contributed by atoms with E-state index in [4.69, 9.17) is 21.2 Å². The van der Waals surface area contributed by atoms with Crippen LogP contribution in [0.3, 0.4) is 0 Å². The molecule has 0 fully saturated rings. The van der Waals surface area contributed by atoms with Crippen molar-refractivity contribution in [2.75, 3.05) is 0 Å². The molecule has 0 aliphatic rings. The predicted octanol–water partition coefficient (Wildman–Crippen LogP) is 12.8. The van der Waals surface area contributed by atoms with Gasteiger partial charge in [0.25, 0.3) is 0 Å². The van der Waals surface area contributed by atoms with Gasteiger partial charge in [0.2, 0.25) is 0 Å². The largest absolute Gasteiger partial charge is 0.455 e. The van der Waals surface area contributed by atoms with E-state index >= 15 is 0 Å². The van der Waals surface area contributed by atoms with Crippen LogP contribution >= 0.6 is 0 Å². The molecule has 2 nitrogen and oxygen atoms in total. The minimum atomic E-state index is -0.765. The van der Waals surface area contributed by atoms with Crippen LogP contribution in [0.15, 0.2) is 166 Å². The smallest absolute Gasteiger partial charge is 0.147 e. The maximum Gasteiger partial charge on any atom is 0.147 e. The molecule has 8 aromatic carbocycles. The topological polar surface area (TPSA) is 26.3 Å². The maximum absolute atomic E-state index is 9.51. The molecule has 2 heterocycles. The maximum atomic E-state index is 9.51. The van der Waals surface area contributed by atoms with E-state index in [-0.39, 0.29) is 38.5 Å². The van der Waals surface area contributed by atoms with Gasteiger partial charge in [0.15, 0.2) is 0 Å². The van der Waals surface area contributed by atoms with Crippen molar-refractivity contribution in [1.82, 2.24) is 0 Å². The Bertz CT molecular complexity index is 3570. The SMILES string of the molecule is [2H]c1c([2H])c([2H])c2c([2H])c(-c3c4c([2H])c([2H])c([2H])c([2H])c4c(-c4oc5ccc6c7ccccc7oc6c5c4-c4ccccc4)c4c([2H])c([2H])c([2H])c([2H])c34)c([2H])c([2H])c2c1[2H]. The summed E-state index contributed by atoms with van der Waals surface area (Å²) in [5, 5.41) is -0.137. The molecule has 0 bridgehead atoms. The van der Waals surface area contributed by atoms with Crippen molar-refractivity contribution in [1.29, 1.82) is 0 Å². The quantitative estimate of drug-likeness (QED) is 0.188. The van der Waals surface area contributed by atoms with Crippen molar-refractivity contribution in [3.8, 4) is 33.6 Å². The van der Waals surface area contributed by atoms with Gasteiger partial charge in [-0.05, 0) is 73.2 Å². The fourth-order valence-corrected chi connectivity index (χ4v) is 6.43. The van der Waals surface area contributed by atoms with Crippen molar-refractivity contribution in [2.24, 2.45) is 0 Å². The molecule has 10 aromatic rings. The highest BCUT2D eigenvalue weighted by Crippen LogP contribution is 2.51. The Labute approximate surface area is 285 Å². The number of benzene rings is 8. The van der Waals surface area contributed by atoms with Gasteiger partial charge in [-0.1, -0.05) is 133 Å². The lowest BCUT2D eigenvalue weighted by Crippen LogP contribution is -1.91. The third kappa shape index (κ3) is 3.59. The molecule has 0 amide bonds. The van der Waals surface area contributed by atoms with Crippen LogP contribution in [0.2, 0.25) is 0 Å². The monoisotopic (exact) mass is 601 g/mol. The highest BCUT2D eigenvalue weighted by molar-refractivity contribution is 6.26. The van der Waals surface area contributed by atoms with Crippen molar-refractivity contribution >= 4 is 65.2 Å². The number of rotatable bonds is 3. The van der Waals surface area contributed by atoms with Gasteiger partial charge in [0.1, 0.15) is 22.5 Å². The highest BCUT2D eigenvalue weighted by Gasteiger charge is 2.26. The molecule has 0 saturated heterocycles. The number of hydrogen-bond acceptors (Lipinski definition) is 2. The molecule has 0 radical (unpaired) electrons. The van der Waals surface area contributed by atoms with E-state index in [9.17, 15) is 8.22 Å². The number of para-hydroxylation sites is 1. The van der Waals surface area contributed by atoms with Crippen LogP contribution in [0.4, 0.5) is 0 Å². The molecule has 0 saturated carbocycles. The molecule has 0 aliphatic heterocycles. The second-order valence-electron chi connectivity index (χ2n) is 10.8. The van der Waals surface area contributed by atoms with Gasteiger partial charge in [0.05, 0.1) is 25.9 Å². The second-order valence-corrected chi connectivity index (χ2v) is 10.8. The van der Waals surface area contributed by atoms with Crippen molar-refractivity contribution in [3.05, 3.63) is 157 Å². The Morgan fingerprint density at radius 3 is 1.83 bits per heavy atom. The minimum absolute atomic E-state index is 0.0308.